The third-order valence-electron chi connectivity index (χ3n) is 2.90. The molecule has 1 aromatic heterocycles. The zero-order valence-electron chi connectivity index (χ0n) is 9.58. The number of nitroso groups, excluding NO2 is 1. The number of hydrogen-bond donors (Lipinski definition) is 0. The van der Waals surface area contributed by atoms with Crippen LogP contribution in [0.3, 0.4) is 0 Å². The molecule has 0 unspecified atom stereocenters. The van der Waals surface area contributed by atoms with Crippen molar-refractivity contribution in [1.29, 1.82) is 0 Å². The average molecular weight is 234 g/mol. The normalized spacial score (nSPS) is 10.4. The van der Waals surface area contributed by atoms with Crippen molar-refractivity contribution < 1.29 is 0 Å². The summed E-state index contributed by atoms with van der Waals surface area (Å²) in [5, 5.41) is 5.16. The van der Waals surface area contributed by atoms with E-state index in [1.165, 1.54) is 0 Å². The van der Waals surface area contributed by atoms with Gasteiger partial charge in [0.25, 0.3) is 0 Å². The van der Waals surface area contributed by atoms with Crippen molar-refractivity contribution >= 4 is 16.5 Å². The minimum atomic E-state index is 0.430. The number of aromatic nitrogens is 1. The van der Waals surface area contributed by atoms with Crippen molar-refractivity contribution in [2.45, 2.75) is 0 Å². The molecule has 3 aromatic rings. The number of nitrogens with zero attached hydrogens (tertiary/aromatic N) is 2. The van der Waals surface area contributed by atoms with Crippen molar-refractivity contribution in [3.8, 4) is 11.3 Å². The molecule has 3 heteroatoms. The maximum Gasteiger partial charge on any atom is 0.108 e. The summed E-state index contributed by atoms with van der Waals surface area (Å²) in [4.78, 5) is 14.8. The van der Waals surface area contributed by atoms with Crippen LogP contribution in [0.25, 0.3) is 22.0 Å². The highest BCUT2D eigenvalue weighted by molar-refractivity contribution is 5.85. The highest BCUT2D eigenvalue weighted by atomic mass is 16.3. The van der Waals surface area contributed by atoms with Crippen LogP contribution in [-0.2, 0) is 0 Å². The summed E-state index contributed by atoms with van der Waals surface area (Å²) in [6.45, 7) is 0. The van der Waals surface area contributed by atoms with Crippen molar-refractivity contribution in [1.82, 2.24) is 4.98 Å². The van der Waals surface area contributed by atoms with Crippen LogP contribution in [-0.4, -0.2) is 4.98 Å². The molecule has 0 atom stereocenters. The monoisotopic (exact) mass is 234 g/mol. The van der Waals surface area contributed by atoms with Gasteiger partial charge in [-0.05, 0) is 28.8 Å². The first-order valence-corrected chi connectivity index (χ1v) is 5.65. The predicted molar refractivity (Wildman–Crippen MR) is 72.6 cm³/mol. The van der Waals surface area contributed by atoms with Gasteiger partial charge in [0.05, 0.1) is 5.69 Å². The molecule has 0 bridgehead atoms. The molecule has 0 amide bonds. The first-order chi connectivity index (χ1) is 8.86. The van der Waals surface area contributed by atoms with E-state index in [0.717, 1.165) is 22.0 Å². The highest BCUT2D eigenvalue weighted by Crippen LogP contribution is 2.23. The van der Waals surface area contributed by atoms with Gasteiger partial charge >= 0.3 is 0 Å². The maximum absolute atomic E-state index is 10.4. The van der Waals surface area contributed by atoms with Gasteiger partial charge in [0.15, 0.2) is 0 Å². The van der Waals surface area contributed by atoms with Crippen LogP contribution >= 0.6 is 0 Å². The number of benzene rings is 2. The molecule has 3 nitrogen and oxygen atoms in total. The minimum absolute atomic E-state index is 0.430. The van der Waals surface area contributed by atoms with E-state index in [4.69, 9.17) is 0 Å². The van der Waals surface area contributed by atoms with Crippen LogP contribution < -0.4 is 0 Å². The largest absolute Gasteiger partial charge is 0.256 e. The molecule has 18 heavy (non-hydrogen) atoms. The van der Waals surface area contributed by atoms with Crippen molar-refractivity contribution in [2.75, 3.05) is 0 Å². The molecule has 0 aliphatic rings. The smallest absolute Gasteiger partial charge is 0.108 e. The Bertz CT molecular complexity index is 705. The summed E-state index contributed by atoms with van der Waals surface area (Å²) in [6.07, 6.45) is 1.86. The highest BCUT2D eigenvalue weighted by Gasteiger charge is 2.01. The summed E-state index contributed by atoms with van der Waals surface area (Å²) in [5.74, 6) is 0. The fourth-order valence-corrected chi connectivity index (χ4v) is 1.93. The topological polar surface area (TPSA) is 42.3 Å². The molecule has 0 aliphatic heterocycles. The van der Waals surface area contributed by atoms with E-state index in [-0.39, 0.29) is 0 Å². The summed E-state index contributed by atoms with van der Waals surface area (Å²) in [5.41, 5.74) is 2.30. The van der Waals surface area contributed by atoms with E-state index in [1.807, 2.05) is 42.6 Å². The Morgan fingerprint density at radius 2 is 1.61 bits per heavy atom. The molecule has 3 rings (SSSR count). The molecule has 0 aliphatic carbocycles. The van der Waals surface area contributed by atoms with Gasteiger partial charge in [0.1, 0.15) is 5.69 Å². The van der Waals surface area contributed by atoms with Gasteiger partial charge < -0.3 is 0 Å². The van der Waals surface area contributed by atoms with Gasteiger partial charge in [0, 0.05) is 17.1 Å². The average Bonchev–Trinajstić information content (AvgIpc) is 2.47. The second-order valence-corrected chi connectivity index (χ2v) is 4.05. The van der Waals surface area contributed by atoms with E-state index in [2.05, 4.69) is 16.2 Å². The van der Waals surface area contributed by atoms with Crippen LogP contribution in [0.2, 0.25) is 0 Å². The molecule has 0 saturated heterocycles. The first-order valence-electron chi connectivity index (χ1n) is 5.65. The van der Waals surface area contributed by atoms with Crippen molar-refractivity contribution in [3.63, 3.8) is 0 Å². The molecule has 0 saturated carbocycles. The second kappa shape index (κ2) is 4.37. The lowest BCUT2D eigenvalue weighted by Crippen LogP contribution is -1.83. The van der Waals surface area contributed by atoms with Gasteiger partial charge in [-0.25, -0.2) is 0 Å². The zero-order valence-corrected chi connectivity index (χ0v) is 9.58. The fraction of sp³-hybridized carbons (Fsp3) is 0. The van der Waals surface area contributed by atoms with E-state index < -0.39 is 0 Å². The zero-order chi connectivity index (χ0) is 12.4. The van der Waals surface area contributed by atoms with Crippen LogP contribution in [0.4, 0.5) is 5.69 Å². The minimum Gasteiger partial charge on any atom is -0.256 e. The lowest BCUT2D eigenvalue weighted by molar-refractivity contribution is 1.35. The Balaban J connectivity index is 2.10. The first kappa shape index (κ1) is 10.6. The van der Waals surface area contributed by atoms with E-state index in [0.29, 0.717) is 5.69 Å². The van der Waals surface area contributed by atoms with Gasteiger partial charge in [0.2, 0.25) is 0 Å². The third kappa shape index (κ3) is 1.86. The molecular weight excluding hydrogens is 224 g/mol. The molecule has 0 fully saturated rings. The predicted octanol–water partition coefficient (Wildman–Crippen LogP) is 4.30. The van der Waals surface area contributed by atoms with Gasteiger partial charge in [-0.1, -0.05) is 36.4 Å². The summed E-state index contributed by atoms with van der Waals surface area (Å²) in [6, 6.07) is 17.2. The number of pyridine rings is 1. The molecule has 0 N–H and O–H groups in total. The Kier molecular flexibility index (Phi) is 2.57. The van der Waals surface area contributed by atoms with Gasteiger partial charge in [-0.3, -0.25) is 4.98 Å². The second-order valence-electron chi connectivity index (χ2n) is 4.05. The molecule has 86 valence electrons. The molecule has 0 radical (unpaired) electrons. The standard InChI is InChI=1S/C15H10N2O/c18-17-14-7-5-11(6-8-14)15-9-12-3-1-2-4-13(12)10-16-15/h1-10H. The Labute approximate surface area is 104 Å². The number of rotatable bonds is 2. The Morgan fingerprint density at radius 3 is 2.33 bits per heavy atom. The SMILES string of the molecule is O=Nc1ccc(-c2cc3ccccc3cn2)cc1. The summed E-state index contributed by atoms with van der Waals surface area (Å²) in [7, 11) is 0. The van der Waals surface area contributed by atoms with Crippen molar-refractivity contribution in [2.24, 2.45) is 5.18 Å². The number of hydrogen-bond acceptors (Lipinski definition) is 3. The Hall–Kier alpha value is -2.55. The molecule has 0 spiro atoms. The lowest BCUT2D eigenvalue weighted by atomic mass is 10.1. The number of fused-ring (bicyclic) bond motifs is 1. The molecular formula is C15H10N2O. The van der Waals surface area contributed by atoms with Crippen molar-refractivity contribution in [3.05, 3.63) is 65.7 Å². The summed E-state index contributed by atoms with van der Waals surface area (Å²) < 4.78 is 0. The van der Waals surface area contributed by atoms with Gasteiger partial charge in [-0.2, -0.15) is 0 Å². The lowest BCUT2D eigenvalue weighted by Gasteiger charge is -2.03. The van der Waals surface area contributed by atoms with E-state index in [9.17, 15) is 4.91 Å². The Morgan fingerprint density at radius 1 is 0.889 bits per heavy atom. The third-order valence-corrected chi connectivity index (χ3v) is 2.90. The van der Waals surface area contributed by atoms with Crippen LogP contribution in [0.15, 0.2) is 66.0 Å². The van der Waals surface area contributed by atoms with Crippen LogP contribution in [0.5, 0.6) is 0 Å². The molecule has 1 heterocycles. The van der Waals surface area contributed by atoms with Crippen LogP contribution in [0.1, 0.15) is 0 Å². The fourth-order valence-electron chi connectivity index (χ4n) is 1.93. The maximum atomic E-state index is 10.4. The summed E-state index contributed by atoms with van der Waals surface area (Å²) >= 11 is 0. The quantitative estimate of drug-likeness (QED) is 0.620. The van der Waals surface area contributed by atoms with Gasteiger partial charge in [-0.15, -0.1) is 4.91 Å². The van der Waals surface area contributed by atoms with E-state index >= 15 is 0 Å². The van der Waals surface area contributed by atoms with Crippen LogP contribution in [0, 0.1) is 4.91 Å². The molecule has 2 aromatic carbocycles. The van der Waals surface area contributed by atoms with E-state index in [1.54, 1.807) is 12.1 Å².